The summed E-state index contributed by atoms with van der Waals surface area (Å²) in [4.78, 5) is 9.20. The zero-order valence-corrected chi connectivity index (χ0v) is 13.1. The lowest BCUT2D eigenvalue weighted by Gasteiger charge is -2.21. The second kappa shape index (κ2) is 5.56. The summed E-state index contributed by atoms with van der Waals surface area (Å²) in [5, 5.41) is 16.4. The molecule has 1 atom stereocenters. The molecular formula is C15H26N4O. The standard InChI is InChI=1S/C15H26N4O/c1-9-12(16-5)18-14(15(2,3)4)19-13(9)17-8-11(20)10-6-7-10/h10-11,20H,6-8H2,1-5H3,(H2,16,17,18,19). The van der Waals surface area contributed by atoms with Crippen molar-refractivity contribution in [1.29, 1.82) is 0 Å². The number of nitrogens with zero attached hydrogens (tertiary/aromatic N) is 2. The molecule has 0 saturated heterocycles. The van der Waals surface area contributed by atoms with Gasteiger partial charge in [-0.05, 0) is 25.7 Å². The van der Waals surface area contributed by atoms with Gasteiger partial charge in [0.15, 0.2) is 0 Å². The molecule has 1 aliphatic rings. The van der Waals surface area contributed by atoms with E-state index in [1.54, 1.807) is 0 Å². The molecule has 0 aliphatic heterocycles. The minimum atomic E-state index is -0.277. The molecule has 5 nitrogen and oxygen atoms in total. The topological polar surface area (TPSA) is 70.1 Å². The van der Waals surface area contributed by atoms with Crippen molar-refractivity contribution in [1.82, 2.24) is 9.97 Å². The van der Waals surface area contributed by atoms with Crippen LogP contribution in [0.2, 0.25) is 0 Å². The van der Waals surface area contributed by atoms with E-state index in [-0.39, 0.29) is 11.5 Å². The van der Waals surface area contributed by atoms with E-state index in [2.05, 4.69) is 41.4 Å². The third kappa shape index (κ3) is 3.39. The molecule has 1 aromatic rings. The van der Waals surface area contributed by atoms with Crippen LogP contribution >= 0.6 is 0 Å². The lowest BCUT2D eigenvalue weighted by molar-refractivity contribution is 0.164. The third-order valence-corrected chi connectivity index (χ3v) is 3.70. The molecule has 1 saturated carbocycles. The lowest BCUT2D eigenvalue weighted by atomic mass is 9.95. The van der Waals surface area contributed by atoms with Crippen molar-refractivity contribution in [3.05, 3.63) is 11.4 Å². The number of aromatic nitrogens is 2. The number of hydrogen-bond acceptors (Lipinski definition) is 5. The van der Waals surface area contributed by atoms with Gasteiger partial charge in [0.05, 0.1) is 6.10 Å². The largest absolute Gasteiger partial charge is 0.391 e. The van der Waals surface area contributed by atoms with Crippen molar-refractivity contribution in [2.75, 3.05) is 24.2 Å². The molecule has 1 aliphatic carbocycles. The van der Waals surface area contributed by atoms with Crippen LogP contribution in [0.5, 0.6) is 0 Å². The van der Waals surface area contributed by atoms with Crippen molar-refractivity contribution in [3.8, 4) is 0 Å². The van der Waals surface area contributed by atoms with Crippen LogP contribution in [0.25, 0.3) is 0 Å². The van der Waals surface area contributed by atoms with Crippen molar-refractivity contribution in [2.24, 2.45) is 5.92 Å². The molecule has 0 radical (unpaired) electrons. The molecule has 0 spiro atoms. The average Bonchev–Trinajstić information content (AvgIpc) is 3.20. The van der Waals surface area contributed by atoms with Gasteiger partial charge in [0, 0.05) is 24.6 Å². The summed E-state index contributed by atoms with van der Waals surface area (Å²) in [6, 6.07) is 0. The SMILES string of the molecule is CNc1nc(C(C)(C)C)nc(NCC(O)C2CC2)c1C. The first kappa shape index (κ1) is 15.0. The Kier molecular flexibility index (Phi) is 4.18. The van der Waals surface area contributed by atoms with Crippen LogP contribution in [0.1, 0.15) is 45.0 Å². The lowest BCUT2D eigenvalue weighted by Crippen LogP contribution is -2.24. The minimum Gasteiger partial charge on any atom is -0.391 e. The summed E-state index contributed by atoms with van der Waals surface area (Å²) >= 11 is 0. The summed E-state index contributed by atoms with van der Waals surface area (Å²) in [6.07, 6.45) is 2.00. The summed E-state index contributed by atoms with van der Waals surface area (Å²) in [7, 11) is 1.87. The first-order valence-corrected chi connectivity index (χ1v) is 7.31. The van der Waals surface area contributed by atoms with Gasteiger partial charge < -0.3 is 15.7 Å². The van der Waals surface area contributed by atoms with Crippen LogP contribution in [-0.4, -0.2) is 34.8 Å². The maximum atomic E-state index is 9.98. The molecule has 0 amide bonds. The molecule has 3 N–H and O–H groups in total. The van der Waals surface area contributed by atoms with Gasteiger partial charge in [-0.2, -0.15) is 0 Å². The second-order valence-corrected chi connectivity index (χ2v) is 6.66. The van der Waals surface area contributed by atoms with E-state index in [0.717, 1.165) is 35.9 Å². The van der Waals surface area contributed by atoms with Gasteiger partial charge in [0.1, 0.15) is 17.5 Å². The van der Waals surface area contributed by atoms with E-state index in [1.165, 1.54) is 0 Å². The van der Waals surface area contributed by atoms with E-state index in [1.807, 2.05) is 14.0 Å². The molecule has 0 aromatic carbocycles. The molecule has 5 heteroatoms. The van der Waals surface area contributed by atoms with Gasteiger partial charge in [-0.3, -0.25) is 0 Å². The highest BCUT2D eigenvalue weighted by atomic mass is 16.3. The zero-order valence-electron chi connectivity index (χ0n) is 13.1. The van der Waals surface area contributed by atoms with Crippen molar-refractivity contribution >= 4 is 11.6 Å². The van der Waals surface area contributed by atoms with E-state index < -0.39 is 0 Å². The minimum absolute atomic E-state index is 0.106. The molecule has 2 rings (SSSR count). The van der Waals surface area contributed by atoms with Crippen molar-refractivity contribution in [2.45, 2.75) is 52.1 Å². The quantitative estimate of drug-likeness (QED) is 0.771. The van der Waals surface area contributed by atoms with Gasteiger partial charge in [0.25, 0.3) is 0 Å². The fraction of sp³-hybridized carbons (Fsp3) is 0.733. The van der Waals surface area contributed by atoms with Crippen LogP contribution in [0, 0.1) is 12.8 Å². The van der Waals surface area contributed by atoms with Crippen LogP contribution in [0.15, 0.2) is 0 Å². The van der Waals surface area contributed by atoms with Crippen LogP contribution in [0.3, 0.4) is 0 Å². The average molecular weight is 278 g/mol. The van der Waals surface area contributed by atoms with Gasteiger partial charge in [-0.1, -0.05) is 20.8 Å². The zero-order chi connectivity index (χ0) is 14.9. The predicted molar refractivity (Wildman–Crippen MR) is 82.2 cm³/mol. The Morgan fingerprint density at radius 3 is 2.35 bits per heavy atom. The summed E-state index contributed by atoms with van der Waals surface area (Å²) in [5.41, 5.74) is 0.883. The Hall–Kier alpha value is -1.36. The van der Waals surface area contributed by atoms with E-state index in [9.17, 15) is 5.11 Å². The number of aliphatic hydroxyl groups excluding tert-OH is 1. The van der Waals surface area contributed by atoms with Gasteiger partial charge in [-0.15, -0.1) is 0 Å². The number of rotatable bonds is 5. The normalized spacial score (nSPS) is 16.9. The van der Waals surface area contributed by atoms with Crippen LogP contribution < -0.4 is 10.6 Å². The Morgan fingerprint density at radius 1 is 1.25 bits per heavy atom. The molecule has 20 heavy (non-hydrogen) atoms. The maximum absolute atomic E-state index is 9.98. The molecule has 112 valence electrons. The molecule has 0 bridgehead atoms. The van der Waals surface area contributed by atoms with Gasteiger partial charge in [-0.25, -0.2) is 9.97 Å². The number of aliphatic hydroxyl groups is 1. The Bertz CT molecular complexity index is 477. The highest BCUT2D eigenvalue weighted by Crippen LogP contribution is 2.33. The van der Waals surface area contributed by atoms with Gasteiger partial charge >= 0.3 is 0 Å². The molecule has 1 unspecified atom stereocenters. The fourth-order valence-corrected chi connectivity index (χ4v) is 2.12. The van der Waals surface area contributed by atoms with E-state index in [0.29, 0.717) is 12.5 Å². The highest BCUT2D eigenvalue weighted by Gasteiger charge is 2.29. The summed E-state index contributed by atoms with van der Waals surface area (Å²) in [5.74, 6) is 2.92. The van der Waals surface area contributed by atoms with Crippen LogP contribution in [-0.2, 0) is 5.41 Å². The summed E-state index contributed by atoms with van der Waals surface area (Å²) in [6.45, 7) is 8.83. The molecule has 1 fully saturated rings. The molecule has 1 aromatic heterocycles. The Balaban J connectivity index is 2.20. The van der Waals surface area contributed by atoms with E-state index in [4.69, 9.17) is 0 Å². The first-order valence-electron chi connectivity index (χ1n) is 7.31. The molecule has 1 heterocycles. The second-order valence-electron chi connectivity index (χ2n) is 6.66. The maximum Gasteiger partial charge on any atom is 0.138 e. The Morgan fingerprint density at radius 2 is 1.85 bits per heavy atom. The highest BCUT2D eigenvalue weighted by molar-refractivity contribution is 5.57. The predicted octanol–water partition coefficient (Wildman–Crippen LogP) is 2.31. The van der Waals surface area contributed by atoms with Crippen LogP contribution in [0.4, 0.5) is 11.6 Å². The van der Waals surface area contributed by atoms with Crippen molar-refractivity contribution in [3.63, 3.8) is 0 Å². The smallest absolute Gasteiger partial charge is 0.138 e. The number of hydrogen-bond donors (Lipinski definition) is 3. The third-order valence-electron chi connectivity index (χ3n) is 3.70. The fourth-order valence-electron chi connectivity index (χ4n) is 2.12. The van der Waals surface area contributed by atoms with Gasteiger partial charge in [0.2, 0.25) is 0 Å². The van der Waals surface area contributed by atoms with Crippen molar-refractivity contribution < 1.29 is 5.11 Å². The molecular weight excluding hydrogens is 252 g/mol. The van der Waals surface area contributed by atoms with E-state index >= 15 is 0 Å². The number of anilines is 2. The number of nitrogens with one attached hydrogen (secondary N) is 2. The summed E-state index contributed by atoms with van der Waals surface area (Å²) < 4.78 is 0. The first-order chi connectivity index (χ1) is 9.32. The Labute approximate surface area is 121 Å². The monoisotopic (exact) mass is 278 g/mol.